The van der Waals surface area contributed by atoms with E-state index in [-0.39, 0.29) is 0 Å². The fourth-order valence-electron chi connectivity index (χ4n) is 3.51. The highest BCUT2D eigenvalue weighted by Gasteiger charge is 2.19. The molecule has 29 heavy (non-hydrogen) atoms. The quantitative estimate of drug-likeness (QED) is 0.404. The number of aliphatic imine (C=N–C) groups is 1. The topological polar surface area (TPSA) is 74.9 Å². The molecule has 0 unspecified atom stereocenters. The van der Waals surface area contributed by atoms with Crippen molar-refractivity contribution in [1.82, 2.24) is 20.5 Å². The number of hydrogen-bond donors (Lipinski definition) is 2. The minimum absolute atomic E-state index is 0.445. The molecule has 0 saturated carbocycles. The Morgan fingerprint density at radius 2 is 2.03 bits per heavy atom. The Morgan fingerprint density at radius 1 is 1.28 bits per heavy atom. The van der Waals surface area contributed by atoms with E-state index in [2.05, 4.69) is 44.6 Å². The fraction of sp³-hybridized carbons (Fsp3) is 0.545. The van der Waals surface area contributed by atoms with Crippen molar-refractivity contribution in [2.75, 3.05) is 40.4 Å². The van der Waals surface area contributed by atoms with Crippen LogP contribution in [0.3, 0.4) is 0 Å². The largest absolute Gasteiger partial charge is 0.444 e. The normalized spacial score (nSPS) is 16.2. The summed E-state index contributed by atoms with van der Waals surface area (Å²) in [5.41, 5.74) is 3.07. The lowest BCUT2D eigenvalue weighted by Gasteiger charge is -2.33. The number of hydrogen-bond acceptors (Lipinski definition) is 5. The third-order valence-corrected chi connectivity index (χ3v) is 5.26. The molecule has 1 aromatic carbocycles. The van der Waals surface area contributed by atoms with Crippen LogP contribution in [-0.4, -0.2) is 62.3 Å². The van der Waals surface area contributed by atoms with Gasteiger partial charge in [-0.3, -0.25) is 4.99 Å². The average Bonchev–Trinajstić information content (AvgIpc) is 3.22. The number of guanidine groups is 1. The van der Waals surface area contributed by atoms with Gasteiger partial charge >= 0.3 is 0 Å². The van der Waals surface area contributed by atoms with Gasteiger partial charge in [-0.1, -0.05) is 17.7 Å². The Labute approximate surface area is 173 Å². The molecular formula is C22H33N5O2. The van der Waals surface area contributed by atoms with Gasteiger partial charge in [0.25, 0.3) is 0 Å². The van der Waals surface area contributed by atoms with Crippen LogP contribution in [0, 0.1) is 6.92 Å². The molecule has 0 amide bonds. The van der Waals surface area contributed by atoms with Crippen molar-refractivity contribution < 1.29 is 9.15 Å². The first-order valence-electron chi connectivity index (χ1n) is 10.4. The summed E-state index contributed by atoms with van der Waals surface area (Å²) >= 11 is 0. The molecule has 7 heteroatoms. The molecule has 0 aliphatic carbocycles. The molecular weight excluding hydrogens is 366 g/mol. The number of ether oxygens (including phenoxy) is 1. The van der Waals surface area contributed by atoms with E-state index in [1.807, 2.05) is 12.1 Å². The standard InChI is InChI=1S/C22H33N5O2/c1-17-5-7-18(8-6-17)21-25-20(16-29-21)15-24-22(23-2)26-19-9-12-27(13-10-19)11-4-14-28-3/h5-8,16,19H,4,9-15H2,1-3H3,(H2,23,24,26). The lowest BCUT2D eigenvalue weighted by molar-refractivity contribution is 0.155. The van der Waals surface area contributed by atoms with E-state index in [0.29, 0.717) is 18.5 Å². The van der Waals surface area contributed by atoms with Gasteiger partial charge in [0.05, 0.1) is 12.2 Å². The van der Waals surface area contributed by atoms with Crippen LogP contribution >= 0.6 is 0 Å². The SMILES string of the molecule is CN=C(NCc1coc(-c2ccc(C)cc2)n1)NC1CCN(CCCOC)CC1. The number of piperidine rings is 1. The maximum absolute atomic E-state index is 5.63. The van der Waals surface area contributed by atoms with E-state index >= 15 is 0 Å². The van der Waals surface area contributed by atoms with E-state index < -0.39 is 0 Å². The highest BCUT2D eigenvalue weighted by atomic mass is 16.5. The van der Waals surface area contributed by atoms with Gasteiger partial charge < -0.3 is 24.7 Å². The zero-order valence-corrected chi connectivity index (χ0v) is 17.8. The summed E-state index contributed by atoms with van der Waals surface area (Å²) < 4.78 is 10.8. The summed E-state index contributed by atoms with van der Waals surface area (Å²) in [6.45, 7) is 6.82. The molecule has 1 aliphatic heterocycles. The van der Waals surface area contributed by atoms with Gasteiger partial charge in [-0.05, 0) is 38.3 Å². The summed E-state index contributed by atoms with van der Waals surface area (Å²) in [6, 6.07) is 8.62. The molecule has 0 atom stereocenters. The van der Waals surface area contributed by atoms with E-state index in [9.17, 15) is 0 Å². The minimum Gasteiger partial charge on any atom is -0.444 e. The van der Waals surface area contributed by atoms with Crippen LogP contribution in [0.1, 0.15) is 30.5 Å². The third kappa shape index (κ3) is 6.58. The predicted molar refractivity (Wildman–Crippen MR) is 116 cm³/mol. The maximum Gasteiger partial charge on any atom is 0.226 e. The van der Waals surface area contributed by atoms with Gasteiger partial charge in [0.1, 0.15) is 6.26 Å². The van der Waals surface area contributed by atoms with Crippen LogP contribution < -0.4 is 10.6 Å². The maximum atomic E-state index is 5.63. The summed E-state index contributed by atoms with van der Waals surface area (Å²) in [5.74, 6) is 1.45. The van der Waals surface area contributed by atoms with E-state index in [0.717, 1.165) is 62.7 Å². The highest BCUT2D eigenvalue weighted by molar-refractivity contribution is 5.79. The van der Waals surface area contributed by atoms with Crippen LogP contribution in [0.2, 0.25) is 0 Å². The zero-order chi connectivity index (χ0) is 20.5. The number of oxazole rings is 1. The zero-order valence-electron chi connectivity index (χ0n) is 17.8. The van der Waals surface area contributed by atoms with Crippen LogP contribution in [0.25, 0.3) is 11.5 Å². The third-order valence-electron chi connectivity index (χ3n) is 5.26. The number of benzene rings is 1. The molecule has 7 nitrogen and oxygen atoms in total. The number of likely N-dealkylation sites (tertiary alicyclic amines) is 1. The monoisotopic (exact) mass is 399 g/mol. The Morgan fingerprint density at radius 3 is 2.72 bits per heavy atom. The predicted octanol–water partition coefficient (Wildman–Crippen LogP) is 2.82. The van der Waals surface area contributed by atoms with Crippen LogP contribution in [0.15, 0.2) is 39.9 Å². The van der Waals surface area contributed by atoms with Crippen LogP contribution in [-0.2, 0) is 11.3 Å². The molecule has 0 radical (unpaired) electrons. The summed E-state index contributed by atoms with van der Waals surface area (Å²) in [6.07, 6.45) is 5.04. The Balaban J connectivity index is 1.43. The number of methoxy groups -OCH3 is 1. The number of aromatic nitrogens is 1. The number of nitrogens with zero attached hydrogens (tertiary/aromatic N) is 3. The molecule has 2 heterocycles. The van der Waals surface area contributed by atoms with Gasteiger partial charge in [0, 0.05) is 52.0 Å². The number of aryl methyl sites for hydroxylation is 1. The Kier molecular flexibility index (Phi) is 8.07. The summed E-state index contributed by atoms with van der Waals surface area (Å²) in [5, 5.41) is 6.88. The van der Waals surface area contributed by atoms with Gasteiger partial charge in [-0.2, -0.15) is 0 Å². The van der Waals surface area contributed by atoms with E-state index in [4.69, 9.17) is 9.15 Å². The minimum atomic E-state index is 0.445. The lowest BCUT2D eigenvalue weighted by atomic mass is 10.1. The molecule has 1 fully saturated rings. The smallest absolute Gasteiger partial charge is 0.226 e. The Bertz CT molecular complexity index is 764. The van der Waals surface area contributed by atoms with Gasteiger partial charge in [-0.15, -0.1) is 0 Å². The average molecular weight is 400 g/mol. The first kappa shape index (κ1) is 21.3. The van der Waals surface area contributed by atoms with Crippen molar-refractivity contribution in [3.8, 4) is 11.5 Å². The van der Waals surface area contributed by atoms with Gasteiger partial charge in [0.15, 0.2) is 5.96 Å². The number of rotatable bonds is 8. The summed E-state index contributed by atoms with van der Waals surface area (Å²) in [7, 11) is 3.56. The lowest BCUT2D eigenvalue weighted by Crippen LogP contribution is -2.48. The Hall–Kier alpha value is -2.38. The highest BCUT2D eigenvalue weighted by Crippen LogP contribution is 2.19. The van der Waals surface area contributed by atoms with Crippen molar-refractivity contribution in [3.05, 3.63) is 41.8 Å². The molecule has 3 rings (SSSR count). The molecule has 0 bridgehead atoms. The van der Waals surface area contributed by atoms with Crippen LogP contribution in [0.5, 0.6) is 0 Å². The molecule has 1 aliphatic rings. The molecule has 2 aromatic rings. The molecule has 0 spiro atoms. The summed E-state index contributed by atoms with van der Waals surface area (Å²) in [4.78, 5) is 11.4. The van der Waals surface area contributed by atoms with Crippen LogP contribution in [0.4, 0.5) is 0 Å². The van der Waals surface area contributed by atoms with E-state index in [1.54, 1.807) is 20.4 Å². The van der Waals surface area contributed by atoms with Crippen molar-refractivity contribution >= 4 is 5.96 Å². The second-order valence-electron chi connectivity index (χ2n) is 7.54. The molecule has 2 N–H and O–H groups in total. The molecule has 158 valence electrons. The van der Waals surface area contributed by atoms with Crippen molar-refractivity contribution in [1.29, 1.82) is 0 Å². The second kappa shape index (κ2) is 11.0. The first-order valence-corrected chi connectivity index (χ1v) is 10.4. The second-order valence-corrected chi connectivity index (χ2v) is 7.54. The van der Waals surface area contributed by atoms with Crippen molar-refractivity contribution in [2.24, 2.45) is 4.99 Å². The first-order chi connectivity index (χ1) is 14.2. The van der Waals surface area contributed by atoms with Crippen molar-refractivity contribution in [2.45, 2.75) is 38.8 Å². The van der Waals surface area contributed by atoms with Gasteiger partial charge in [-0.25, -0.2) is 4.98 Å². The fourth-order valence-corrected chi connectivity index (χ4v) is 3.51. The van der Waals surface area contributed by atoms with E-state index in [1.165, 1.54) is 5.56 Å². The molecule has 1 saturated heterocycles. The molecule has 1 aromatic heterocycles. The van der Waals surface area contributed by atoms with Gasteiger partial charge in [0.2, 0.25) is 5.89 Å². The van der Waals surface area contributed by atoms with Crippen molar-refractivity contribution in [3.63, 3.8) is 0 Å². The number of nitrogens with one attached hydrogen (secondary N) is 2.